The van der Waals surface area contributed by atoms with Gasteiger partial charge in [-0.2, -0.15) is 0 Å². The summed E-state index contributed by atoms with van der Waals surface area (Å²) >= 11 is 1.29. The van der Waals surface area contributed by atoms with E-state index in [0.717, 1.165) is 10.1 Å². The Morgan fingerprint density at radius 2 is 2.03 bits per heavy atom. The highest BCUT2D eigenvalue weighted by molar-refractivity contribution is 8.00. The highest BCUT2D eigenvalue weighted by Crippen LogP contribution is 2.29. The van der Waals surface area contributed by atoms with Crippen molar-refractivity contribution in [2.45, 2.75) is 31.7 Å². The molecule has 0 aromatic carbocycles. The highest BCUT2D eigenvalue weighted by atomic mass is 32.2. The first kappa shape index (κ1) is 20.9. The number of aromatic nitrogens is 3. The third-order valence-corrected chi connectivity index (χ3v) is 5.67. The van der Waals surface area contributed by atoms with Crippen molar-refractivity contribution in [1.82, 2.24) is 19.4 Å². The Hall–Kier alpha value is -2.81. The van der Waals surface area contributed by atoms with Gasteiger partial charge in [0.25, 0.3) is 5.56 Å². The summed E-state index contributed by atoms with van der Waals surface area (Å²) in [4.78, 5) is 42.5. The molecule has 0 radical (unpaired) electrons. The number of rotatable bonds is 7. The van der Waals surface area contributed by atoms with Gasteiger partial charge >= 0.3 is 5.69 Å². The molecule has 0 aliphatic rings. The van der Waals surface area contributed by atoms with Gasteiger partial charge in [-0.25, -0.2) is 9.78 Å². The van der Waals surface area contributed by atoms with Crippen LogP contribution in [0.4, 0.5) is 0 Å². The van der Waals surface area contributed by atoms with Gasteiger partial charge in [-0.15, -0.1) is 11.8 Å². The molecule has 0 saturated carbocycles. The molecule has 3 aromatic heterocycles. The maximum Gasteiger partial charge on any atom is 0.332 e. The molecule has 9 heteroatoms. The zero-order valence-electron chi connectivity index (χ0n) is 16.9. The molecule has 0 saturated heterocycles. The van der Waals surface area contributed by atoms with E-state index in [9.17, 15) is 14.4 Å². The molecular formula is C20H24N4O4S. The quantitative estimate of drug-likeness (QED) is 0.590. The Bertz CT molecular complexity index is 1150. The predicted molar refractivity (Wildman–Crippen MR) is 112 cm³/mol. The molecule has 0 bridgehead atoms. The monoisotopic (exact) mass is 416 g/mol. The molecule has 0 unspecified atom stereocenters. The van der Waals surface area contributed by atoms with Crippen molar-refractivity contribution in [1.29, 1.82) is 0 Å². The third-order valence-electron chi connectivity index (χ3n) is 4.51. The van der Waals surface area contributed by atoms with Gasteiger partial charge in [0.2, 0.25) is 5.91 Å². The van der Waals surface area contributed by atoms with Crippen LogP contribution in [0.5, 0.6) is 0 Å². The third kappa shape index (κ3) is 4.45. The summed E-state index contributed by atoms with van der Waals surface area (Å²) in [7, 11) is 3.04. The smallest absolute Gasteiger partial charge is 0.332 e. The van der Waals surface area contributed by atoms with E-state index < -0.39 is 11.2 Å². The molecule has 1 amide bonds. The van der Waals surface area contributed by atoms with E-state index in [4.69, 9.17) is 4.42 Å². The number of nitrogens with zero attached hydrogens (tertiary/aromatic N) is 3. The number of carbonyl (C=O) groups is 1. The molecule has 29 heavy (non-hydrogen) atoms. The molecule has 0 aliphatic carbocycles. The topological polar surface area (TPSA) is 99.1 Å². The summed E-state index contributed by atoms with van der Waals surface area (Å²) in [6, 6.07) is 3.55. The van der Waals surface area contributed by atoms with Gasteiger partial charge in [0.05, 0.1) is 23.9 Å². The summed E-state index contributed by atoms with van der Waals surface area (Å²) in [5, 5.41) is 3.17. The van der Waals surface area contributed by atoms with Gasteiger partial charge < -0.3 is 9.73 Å². The lowest BCUT2D eigenvalue weighted by Crippen LogP contribution is -2.37. The van der Waals surface area contributed by atoms with Gasteiger partial charge in [0, 0.05) is 25.2 Å². The molecule has 3 aromatic rings. The van der Waals surface area contributed by atoms with Crippen molar-refractivity contribution in [3.8, 4) is 0 Å². The van der Waals surface area contributed by atoms with Gasteiger partial charge in [-0.3, -0.25) is 18.7 Å². The van der Waals surface area contributed by atoms with Crippen molar-refractivity contribution in [3.05, 3.63) is 56.8 Å². The lowest BCUT2D eigenvalue weighted by Gasteiger charge is -2.15. The number of hydrogen-bond donors (Lipinski definition) is 1. The van der Waals surface area contributed by atoms with Gasteiger partial charge in [0.15, 0.2) is 0 Å². The molecule has 1 N–H and O–H groups in total. The Morgan fingerprint density at radius 1 is 1.28 bits per heavy atom. The average Bonchev–Trinajstić information content (AvgIpc) is 3.21. The number of thioether (sulfide) groups is 1. The lowest BCUT2D eigenvalue weighted by molar-refractivity contribution is -0.118. The van der Waals surface area contributed by atoms with Crippen LogP contribution >= 0.6 is 11.8 Å². The van der Waals surface area contributed by atoms with Gasteiger partial charge in [0.1, 0.15) is 11.4 Å². The second-order valence-corrected chi connectivity index (χ2v) is 8.25. The summed E-state index contributed by atoms with van der Waals surface area (Å²) < 4.78 is 7.65. The molecule has 3 heterocycles. The maximum absolute atomic E-state index is 12.9. The molecule has 8 nitrogen and oxygen atoms in total. The number of furan rings is 1. The Kier molecular flexibility index (Phi) is 6.26. The minimum Gasteiger partial charge on any atom is -0.467 e. The van der Waals surface area contributed by atoms with Crippen LogP contribution in [0.2, 0.25) is 0 Å². The summed E-state index contributed by atoms with van der Waals surface area (Å²) in [5.74, 6) is 0.977. The van der Waals surface area contributed by atoms with E-state index in [0.29, 0.717) is 40.6 Å². The fourth-order valence-electron chi connectivity index (χ4n) is 3.08. The van der Waals surface area contributed by atoms with Crippen LogP contribution in [0, 0.1) is 5.92 Å². The number of nitrogens with one attached hydrogen (secondary N) is 1. The van der Waals surface area contributed by atoms with E-state index >= 15 is 0 Å². The van der Waals surface area contributed by atoms with Crippen LogP contribution in [0.25, 0.3) is 11.0 Å². The molecule has 154 valence electrons. The van der Waals surface area contributed by atoms with Crippen molar-refractivity contribution in [3.63, 3.8) is 0 Å². The van der Waals surface area contributed by atoms with Crippen molar-refractivity contribution in [2.75, 3.05) is 5.75 Å². The van der Waals surface area contributed by atoms with E-state index in [2.05, 4.69) is 24.1 Å². The van der Waals surface area contributed by atoms with E-state index in [1.165, 1.54) is 23.4 Å². The molecular weight excluding hydrogens is 392 g/mol. The van der Waals surface area contributed by atoms with Crippen LogP contribution in [0.3, 0.4) is 0 Å². The first-order valence-electron chi connectivity index (χ1n) is 9.29. The summed E-state index contributed by atoms with van der Waals surface area (Å²) in [6.45, 7) is 4.46. The molecule has 3 rings (SSSR count). The van der Waals surface area contributed by atoms with Crippen molar-refractivity contribution < 1.29 is 9.21 Å². The molecule has 0 aliphatic heterocycles. The second-order valence-electron chi connectivity index (χ2n) is 7.26. The number of fused-ring (bicyclic) bond motifs is 1. The van der Waals surface area contributed by atoms with E-state index in [1.54, 1.807) is 31.6 Å². The first-order chi connectivity index (χ1) is 13.8. The van der Waals surface area contributed by atoms with Crippen LogP contribution in [0.1, 0.15) is 25.2 Å². The zero-order chi connectivity index (χ0) is 21.1. The Balaban J connectivity index is 1.96. The fourth-order valence-corrected chi connectivity index (χ4v) is 4.10. The van der Waals surface area contributed by atoms with Crippen LogP contribution in [-0.2, 0) is 31.9 Å². The standard InChI is InChI=1S/C20H24N4O4S/c1-12(2)8-13-9-22-18-16(19(26)24(4)20(27)23(18)3)17(13)29-11-15(25)21-10-14-6-5-7-28-14/h5-7,9,12H,8,10-11H2,1-4H3,(H,21,25). The minimum absolute atomic E-state index is 0.136. The number of amides is 1. The average molecular weight is 417 g/mol. The van der Waals surface area contributed by atoms with E-state index in [1.807, 2.05) is 0 Å². The largest absolute Gasteiger partial charge is 0.467 e. The number of carbonyl (C=O) groups excluding carboxylic acids is 1. The zero-order valence-corrected chi connectivity index (χ0v) is 17.7. The van der Waals surface area contributed by atoms with Crippen molar-refractivity contribution >= 4 is 28.7 Å². The SMILES string of the molecule is CC(C)Cc1cnc2c(c1SCC(=O)NCc1ccco1)c(=O)n(C)c(=O)n2C. The first-order valence-corrected chi connectivity index (χ1v) is 10.3. The molecule has 0 spiro atoms. The van der Waals surface area contributed by atoms with Crippen LogP contribution < -0.4 is 16.6 Å². The minimum atomic E-state index is -0.432. The summed E-state index contributed by atoms with van der Waals surface area (Å²) in [5.41, 5.74) is 0.384. The molecule has 0 atom stereocenters. The highest BCUT2D eigenvalue weighted by Gasteiger charge is 2.19. The predicted octanol–water partition coefficient (Wildman–Crippen LogP) is 1.83. The molecule has 0 fully saturated rings. The Morgan fingerprint density at radius 3 is 2.69 bits per heavy atom. The van der Waals surface area contributed by atoms with E-state index in [-0.39, 0.29) is 11.7 Å². The summed E-state index contributed by atoms with van der Waals surface area (Å²) in [6.07, 6.45) is 3.97. The Labute approximate surface area is 171 Å². The number of pyridine rings is 1. The normalized spacial score (nSPS) is 11.3. The number of aryl methyl sites for hydroxylation is 1. The van der Waals surface area contributed by atoms with Crippen molar-refractivity contribution in [2.24, 2.45) is 20.0 Å². The van der Waals surface area contributed by atoms with Gasteiger partial charge in [-0.05, 0) is 30.0 Å². The van der Waals surface area contributed by atoms with Crippen LogP contribution in [0.15, 0.2) is 43.5 Å². The second kappa shape index (κ2) is 8.69. The van der Waals surface area contributed by atoms with Gasteiger partial charge in [-0.1, -0.05) is 13.8 Å². The fraction of sp³-hybridized carbons (Fsp3) is 0.400. The maximum atomic E-state index is 12.9. The van der Waals surface area contributed by atoms with Crippen LogP contribution in [-0.4, -0.2) is 25.8 Å². The number of hydrogen-bond acceptors (Lipinski definition) is 6. The lowest BCUT2D eigenvalue weighted by atomic mass is 10.0.